The van der Waals surface area contributed by atoms with Gasteiger partial charge in [-0.3, -0.25) is 9.69 Å². The fourth-order valence-electron chi connectivity index (χ4n) is 3.09. The number of rotatable bonds is 7. The standard InChI is InChI=1S/C18H27F2N3O/c1-14(17(24)22-13-18(19,20)12-21)23-9-7-16(8-10-23)11-15-5-3-2-4-6-15/h2-6,14,16H,7-13,21H2,1H3,(H,22,24). The summed E-state index contributed by atoms with van der Waals surface area (Å²) >= 11 is 0. The molecule has 1 fully saturated rings. The van der Waals surface area contributed by atoms with Crippen molar-refractivity contribution in [1.29, 1.82) is 0 Å². The van der Waals surface area contributed by atoms with Crippen LogP contribution < -0.4 is 11.1 Å². The number of halogens is 2. The lowest BCUT2D eigenvalue weighted by molar-refractivity contribution is -0.128. The molecular formula is C18H27F2N3O. The summed E-state index contributed by atoms with van der Waals surface area (Å²) in [5, 5.41) is 2.31. The molecule has 0 radical (unpaired) electrons. The van der Waals surface area contributed by atoms with Crippen LogP contribution in [0.15, 0.2) is 30.3 Å². The van der Waals surface area contributed by atoms with E-state index >= 15 is 0 Å². The van der Waals surface area contributed by atoms with Crippen molar-refractivity contribution in [3.05, 3.63) is 35.9 Å². The summed E-state index contributed by atoms with van der Waals surface area (Å²) in [4.78, 5) is 14.1. The van der Waals surface area contributed by atoms with Gasteiger partial charge in [0.2, 0.25) is 5.91 Å². The molecule has 1 atom stereocenters. The molecule has 1 amide bonds. The lowest BCUT2D eigenvalue weighted by atomic mass is 9.89. The maximum absolute atomic E-state index is 13.1. The fraction of sp³-hybridized carbons (Fsp3) is 0.611. The van der Waals surface area contributed by atoms with Gasteiger partial charge < -0.3 is 11.1 Å². The second-order valence-corrected chi connectivity index (χ2v) is 6.62. The molecule has 1 aromatic carbocycles. The SMILES string of the molecule is CC(C(=O)NCC(F)(F)CN)N1CCC(Cc2ccccc2)CC1. The topological polar surface area (TPSA) is 58.4 Å². The van der Waals surface area contributed by atoms with Gasteiger partial charge in [-0.05, 0) is 50.8 Å². The zero-order valence-corrected chi connectivity index (χ0v) is 14.2. The van der Waals surface area contributed by atoms with Gasteiger partial charge in [-0.15, -0.1) is 0 Å². The Balaban J connectivity index is 1.75. The number of nitrogens with one attached hydrogen (secondary N) is 1. The van der Waals surface area contributed by atoms with Crippen molar-refractivity contribution in [3.8, 4) is 0 Å². The van der Waals surface area contributed by atoms with E-state index in [9.17, 15) is 13.6 Å². The summed E-state index contributed by atoms with van der Waals surface area (Å²) in [7, 11) is 0. The minimum absolute atomic E-state index is 0.357. The molecule has 6 heteroatoms. The molecule has 2 rings (SSSR count). The van der Waals surface area contributed by atoms with Gasteiger partial charge in [-0.25, -0.2) is 8.78 Å². The lowest BCUT2D eigenvalue weighted by Crippen LogP contribution is -2.51. The van der Waals surface area contributed by atoms with Gasteiger partial charge in [-0.2, -0.15) is 0 Å². The Bertz CT molecular complexity index is 516. The third-order valence-electron chi connectivity index (χ3n) is 4.76. The average Bonchev–Trinajstić information content (AvgIpc) is 2.61. The maximum atomic E-state index is 13.1. The Morgan fingerprint density at radius 1 is 1.33 bits per heavy atom. The Labute approximate surface area is 142 Å². The van der Waals surface area contributed by atoms with Crippen LogP contribution in [0.5, 0.6) is 0 Å². The van der Waals surface area contributed by atoms with Gasteiger partial charge in [0.15, 0.2) is 0 Å². The molecule has 0 aromatic heterocycles. The molecule has 134 valence electrons. The maximum Gasteiger partial charge on any atom is 0.277 e. The number of hydrogen-bond acceptors (Lipinski definition) is 3. The third-order valence-corrected chi connectivity index (χ3v) is 4.76. The number of likely N-dealkylation sites (tertiary alicyclic amines) is 1. The molecular weight excluding hydrogens is 312 g/mol. The first-order valence-electron chi connectivity index (χ1n) is 8.55. The molecule has 4 nitrogen and oxygen atoms in total. The lowest BCUT2D eigenvalue weighted by Gasteiger charge is -2.35. The fourth-order valence-corrected chi connectivity index (χ4v) is 3.09. The van der Waals surface area contributed by atoms with Crippen molar-refractivity contribution in [3.63, 3.8) is 0 Å². The number of hydrogen-bond donors (Lipinski definition) is 2. The molecule has 3 N–H and O–H groups in total. The minimum Gasteiger partial charge on any atom is -0.349 e. The van der Waals surface area contributed by atoms with Crippen molar-refractivity contribution in [1.82, 2.24) is 10.2 Å². The van der Waals surface area contributed by atoms with Gasteiger partial charge in [-0.1, -0.05) is 30.3 Å². The number of nitrogens with two attached hydrogens (primary N) is 1. The number of carbonyl (C=O) groups excluding carboxylic acids is 1. The minimum atomic E-state index is -3.04. The van der Waals surface area contributed by atoms with E-state index in [2.05, 4.69) is 22.3 Å². The van der Waals surface area contributed by atoms with Crippen LogP contribution in [0.4, 0.5) is 8.78 Å². The van der Waals surface area contributed by atoms with Crippen LogP contribution in [0, 0.1) is 5.92 Å². The van der Waals surface area contributed by atoms with E-state index in [4.69, 9.17) is 5.73 Å². The van der Waals surface area contributed by atoms with Crippen molar-refractivity contribution in [2.24, 2.45) is 11.7 Å². The molecule has 1 heterocycles. The van der Waals surface area contributed by atoms with E-state index in [0.29, 0.717) is 5.92 Å². The summed E-state index contributed by atoms with van der Waals surface area (Å²) in [5.41, 5.74) is 6.32. The van der Waals surface area contributed by atoms with E-state index in [1.54, 1.807) is 6.92 Å². The molecule has 0 saturated carbocycles. The molecule has 0 bridgehead atoms. The third kappa shape index (κ3) is 5.53. The predicted octanol–water partition coefficient (Wildman–Crippen LogP) is 2.04. The van der Waals surface area contributed by atoms with Gasteiger partial charge in [0, 0.05) is 0 Å². The first-order valence-corrected chi connectivity index (χ1v) is 8.55. The van der Waals surface area contributed by atoms with Gasteiger partial charge in [0.05, 0.1) is 19.1 Å². The molecule has 24 heavy (non-hydrogen) atoms. The average molecular weight is 339 g/mol. The van der Waals surface area contributed by atoms with Crippen LogP contribution in [0.2, 0.25) is 0 Å². The smallest absolute Gasteiger partial charge is 0.277 e. The predicted molar refractivity (Wildman–Crippen MR) is 90.9 cm³/mol. The van der Waals surface area contributed by atoms with Crippen LogP contribution in [0.1, 0.15) is 25.3 Å². The summed E-state index contributed by atoms with van der Waals surface area (Å²) < 4.78 is 26.2. The van der Waals surface area contributed by atoms with Crippen LogP contribution in [-0.4, -0.2) is 49.0 Å². The van der Waals surface area contributed by atoms with Crippen LogP contribution >= 0.6 is 0 Å². The monoisotopic (exact) mass is 339 g/mol. The molecule has 1 aliphatic rings. The van der Waals surface area contributed by atoms with E-state index in [1.807, 2.05) is 18.2 Å². The van der Waals surface area contributed by atoms with Crippen LogP contribution in [0.3, 0.4) is 0 Å². The van der Waals surface area contributed by atoms with Crippen LogP contribution in [0.25, 0.3) is 0 Å². The van der Waals surface area contributed by atoms with Crippen molar-refractivity contribution in [2.45, 2.75) is 38.2 Å². The Morgan fingerprint density at radius 3 is 2.54 bits per heavy atom. The highest BCUT2D eigenvalue weighted by Gasteiger charge is 2.30. The summed E-state index contributed by atoms with van der Waals surface area (Å²) in [6.07, 6.45) is 3.09. The number of benzene rings is 1. The van der Waals surface area contributed by atoms with Crippen molar-refractivity contribution >= 4 is 5.91 Å². The molecule has 1 aliphatic heterocycles. The van der Waals surface area contributed by atoms with Gasteiger partial charge in [0.25, 0.3) is 5.92 Å². The number of nitrogens with zero attached hydrogens (tertiary/aromatic N) is 1. The highest BCUT2D eigenvalue weighted by molar-refractivity contribution is 5.81. The van der Waals surface area contributed by atoms with E-state index in [-0.39, 0.29) is 5.91 Å². The van der Waals surface area contributed by atoms with Crippen molar-refractivity contribution < 1.29 is 13.6 Å². The summed E-state index contributed by atoms with van der Waals surface area (Å²) in [6, 6.07) is 10.00. The Kier molecular flexibility index (Phi) is 6.69. The van der Waals surface area contributed by atoms with Gasteiger partial charge >= 0.3 is 0 Å². The molecule has 0 spiro atoms. The normalized spacial score (nSPS) is 18.3. The largest absolute Gasteiger partial charge is 0.349 e. The number of carbonyl (C=O) groups is 1. The molecule has 1 aromatic rings. The van der Waals surface area contributed by atoms with E-state index in [0.717, 1.165) is 32.4 Å². The number of alkyl halides is 2. The molecule has 0 aliphatic carbocycles. The Hall–Kier alpha value is -1.53. The van der Waals surface area contributed by atoms with Crippen molar-refractivity contribution in [2.75, 3.05) is 26.2 Å². The van der Waals surface area contributed by atoms with Gasteiger partial charge in [0.1, 0.15) is 0 Å². The number of amides is 1. The first-order chi connectivity index (χ1) is 11.4. The molecule has 1 saturated heterocycles. The van der Waals surface area contributed by atoms with E-state index < -0.39 is 25.1 Å². The van der Waals surface area contributed by atoms with Crippen LogP contribution in [-0.2, 0) is 11.2 Å². The highest BCUT2D eigenvalue weighted by atomic mass is 19.3. The summed E-state index contributed by atoms with van der Waals surface area (Å²) in [6.45, 7) is 1.95. The quantitative estimate of drug-likeness (QED) is 0.799. The second-order valence-electron chi connectivity index (χ2n) is 6.62. The van der Waals surface area contributed by atoms with E-state index in [1.165, 1.54) is 5.56 Å². The second kappa shape index (κ2) is 8.53. The molecule has 1 unspecified atom stereocenters. The first kappa shape index (κ1) is 18.8. The zero-order chi connectivity index (χ0) is 17.6. The summed E-state index contributed by atoms with van der Waals surface area (Å²) in [5.74, 6) is -2.79. The zero-order valence-electron chi connectivity index (χ0n) is 14.2. The number of piperidine rings is 1. The Morgan fingerprint density at radius 2 is 1.96 bits per heavy atom. The highest BCUT2D eigenvalue weighted by Crippen LogP contribution is 2.23.